The summed E-state index contributed by atoms with van der Waals surface area (Å²) >= 11 is 5.79. The molecule has 30 heavy (non-hydrogen) atoms. The van der Waals surface area contributed by atoms with Crippen molar-refractivity contribution < 1.29 is 9.72 Å². The first-order valence-corrected chi connectivity index (χ1v) is 9.18. The molecule has 2 heterocycles. The molecule has 10 heteroatoms. The average Bonchev–Trinajstić information content (AvgIpc) is 3.04. The predicted octanol–water partition coefficient (Wildman–Crippen LogP) is 3.36. The Morgan fingerprint density at radius 2 is 1.97 bits per heavy atom. The number of benzene rings is 2. The molecule has 150 valence electrons. The van der Waals surface area contributed by atoms with Gasteiger partial charge in [0, 0.05) is 23.5 Å². The zero-order valence-corrected chi connectivity index (χ0v) is 16.1. The van der Waals surface area contributed by atoms with E-state index in [1.807, 2.05) is 0 Å². The second-order valence-corrected chi connectivity index (χ2v) is 6.85. The van der Waals surface area contributed by atoms with Gasteiger partial charge in [-0.05, 0) is 42.0 Å². The van der Waals surface area contributed by atoms with Gasteiger partial charge >= 0.3 is 5.69 Å². The highest BCUT2D eigenvalue weighted by Crippen LogP contribution is 2.25. The van der Waals surface area contributed by atoms with Crippen molar-refractivity contribution in [2.24, 2.45) is 0 Å². The summed E-state index contributed by atoms with van der Waals surface area (Å²) in [5.74, 6) is -0.517. The average molecular weight is 424 g/mol. The van der Waals surface area contributed by atoms with Crippen LogP contribution in [0, 0.1) is 10.1 Å². The fourth-order valence-corrected chi connectivity index (χ4v) is 3.18. The standard InChI is InChI=1S/C20H14ClN5O4/c21-16-8-7-14(11-17(16)26(29)30)19(27)22-15-5-3-4-13(10-15)12-25-20(28)24-9-2-1-6-18(24)23-25/h1-11H,12H2,(H,22,27). The molecular formula is C20H14ClN5O4. The van der Waals surface area contributed by atoms with Crippen molar-refractivity contribution in [2.75, 3.05) is 5.32 Å². The van der Waals surface area contributed by atoms with Gasteiger partial charge in [-0.3, -0.25) is 19.3 Å². The number of hydrogen-bond donors (Lipinski definition) is 1. The summed E-state index contributed by atoms with van der Waals surface area (Å²) < 4.78 is 2.78. The van der Waals surface area contributed by atoms with Crippen molar-refractivity contribution in [1.82, 2.24) is 14.2 Å². The first kappa shape index (κ1) is 19.3. The molecule has 0 spiro atoms. The Hall–Kier alpha value is -3.98. The van der Waals surface area contributed by atoms with Crippen molar-refractivity contribution in [1.29, 1.82) is 0 Å². The quantitative estimate of drug-likeness (QED) is 0.390. The van der Waals surface area contributed by atoms with Crippen molar-refractivity contribution in [3.8, 4) is 0 Å². The van der Waals surface area contributed by atoms with Gasteiger partial charge in [0.25, 0.3) is 11.6 Å². The molecule has 0 aliphatic carbocycles. The van der Waals surface area contributed by atoms with E-state index in [4.69, 9.17) is 11.6 Å². The van der Waals surface area contributed by atoms with E-state index in [9.17, 15) is 19.7 Å². The van der Waals surface area contributed by atoms with Crippen molar-refractivity contribution in [3.63, 3.8) is 0 Å². The summed E-state index contributed by atoms with van der Waals surface area (Å²) in [6, 6.07) is 16.0. The van der Waals surface area contributed by atoms with Crippen LogP contribution in [0.25, 0.3) is 5.65 Å². The number of nitrogens with one attached hydrogen (secondary N) is 1. The highest BCUT2D eigenvalue weighted by Gasteiger charge is 2.16. The van der Waals surface area contributed by atoms with Crippen LogP contribution in [0.2, 0.25) is 5.02 Å². The van der Waals surface area contributed by atoms with Crippen LogP contribution in [0.3, 0.4) is 0 Å². The number of nitro groups is 1. The smallest absolute Gasteiger partial charge is 0.322 e. The van der Waals surface area contributed by atoms with Gasteiger partial charge in [0.15, 0.2) is 5.65 Å². The SMILES string of the molecule is O=C(Nc1cccc(Cn2nc3ccccn3c2=O)c1)c1ccc(Cl)c([N+](=O)[O-])c1. The number of rotatable bonds is 5. The molecule has 0 fully saturated rings. The highest BCUT2D eigenvalue weighted by atomic mass is 35.5. The Kier molecular flexibility index (Phi) is 5.03. The van der Waals surface area contributed by atoms with E-state index < -0.39 is 10.8 Å². The molecule has 9 nitrogen and oxygen atoms in total. The summed E-state index contributed by atoms with van der Waals surface area (Å²) in [6.45, 7) is 0.219. The first-order valence-electron chi connectivity index (χ1n) is 8.81. The molecule has 0 saturated carbocycles. The molecule has 1 N–H and O–H groups in total. The Balaban J connectivity index is 1.55. The second kappa shape index (κ2) is 7.80. The summed E-state index contributed by atoms with van der Waals surface area (Å²) in [7, 11) is 0. The molecule has 1 amide bonds. The summed E-state index contributed by atoms with van der Waals surface area (Å²) in [4.78, 5) is 35.3. The summed E-state index contributed by atoms with van der Waals surface area (Å²) in [5.41, 5.74) is 1.26. The largest absolute Gasteiger partial charge is 0.350 e. The minimum absolute atomic E-state index is 0.0450. The predicted molar refractivity (Wildman–Crippen MR) is 111 cm³/mol. The van der Waals surface area contributed by atoms with E-state index in [1.165, 1.54) is 21.2 Å². The van der Waals surface area contributed by atoms with Gasteiger partial charge < -0.3 is 5.32 Å². The van der Waals surface area contributed by atoms with Gasteiger partial charge in [-0.1, -0.05) is 29.8 Å². The third-order valence-corrected chi connectivity index (χ3v) is 4.73. The molecule has 4 aromatic rings. The number of hydrogen-bond acceptors (Lipinski definition) is 5. The van der Waals surface area contributed by atoms with Gasteiger partial charge in [0.1, 0.15) is 5.02 Å². The van der Waals surface area contributed by atoms with Gasteiger partial charge in [0.2, 0.25) is 0 Å². The molecule has 2 aromatic heterocycles. The maximum Gasteiger partial charge on any atom is 0.350 e. The Morgan fingerprint density at radius 3 is 2.73 bits per heavy atom. The first-order chi connectivity index (χ1) is 14.4. The fraction of sp³-hybridized carbons (Fsp3) is 0.0500. The maximum absolute atomic E-state index is 12.5. The Bertz CT molecular complexity index is 1340. The van der Waals surface area contributed by atoms with Crippen molar-refractivity contribution in [2.45, 2.75) is 6.54 Å². The van der Waals surface area contributed by atoms with Crippen LogP contribution in [0.1, 0.15) is 15.9 Å². The number of fused-ring (bicyclic) bond motifs is 1. The van der Waals surface area contributed by atoms with E-state index >= 15 is 0 Å². The number of carbonyl (C=O) groups is 1. The van der Waals surface area contributed by atoms with E-state index in [2.05, 4.69) is 10.4 Å². The van der Waals surface area contributed by atoms with Crippen LogP contribution < -0.4 is 11.0 Å². The van der Waals surface area contributed by atoms with Gasteiger partial charge in [-0.25, -0.2) is 9.48 Å². The van der Waals surface area contributed by atoms with E-state index in [0.29, 0.717) is 11.3 Å². The number of carbonyl (C=O) groups excluding carboxylic acids is 1. The van der Waals surface area contributed by atoms with Crippen LogP contribution >= 0.6 is 11.6 Å². The number of amides is 1. The molecule has 0 aliphatic heterocycles. The monoisotopic (exact) mass is 423 g/mol. The lowest BCUT2D eigenvalue weighted by Crippen LogP contribution is -2.21. The van der Waals surface area contributed by atoms with Gasteiger partial charge in [-0.15, -0.1) is 5.10 Å². The van der Waals surface area contributed by atoms with Crippen LogP contribution in [0.15, 0.2) is 71.7 Å². The number of aromatic nitrogens is 3. The highest BCUT2D eigenvalue weighted by molar-refractivity contribution is 6.32. The van der Waals surface area contributed by atoms with Crippen LogP contribution in [-0.4, -0.2) is 25.0 Å². The minimum atomic E-state index is -0.647. The molecule has 4 rings (SSSR count). The van der Waals surface area contributed by atoms with Crippen LogP contribution in [-0.2, 0) is 6.54 Å². The van der Waals surface area contributed by atoms with Gasteiger partial charge in [0.05, 0.1) is 11.5 Å². The lowest BCUT2D eigenvalue weighted by molar-refractivity contribution is -0.384. The molecule has 0 atom stereocenters. The summed E-state index contributed by atoms with van der Waals surface area (Å²) in [6.07, 6.45) is 1.64. The normalized spacial score (nSPS) is 10.8. The van der Waals surface area contributed by atoms with Crippen LogP contribution in [0.4, 0.5) is 11.4 Å². The Morgan fingerprint density at radius 1 is 1.13 bits per heavy atom. The second-order valence-electron chi connectivity index (χ2n) is 6.45. The Labute approximate surface area is 174 Å². The zero-order chi connectivity index (χ0) is 21.3. The third-order valence-electron chi connectivity index (χ3n) is 4.41. The van der Waals surface area contributed by atoms with Crippen molar-refractivity contribution >= 4 is 34.5 Å². The zero-order valence-electron chi connectivity index (χ0n) is 15.4. The van der Waals surface area contributed by atoms with E-state index in [-0.39, 0.29) is 28.5 Å². The number of pyridine rings is 1. The molecule has 0 bridgehead atoms. The lowest BCUT2D eigenvalue weighted by atomic mass is 10.1. The van der Waals surface area contributed by atoms with Crippen molar-refractivity contribution in [3.05, 3.63) is 104 Å². The number of nitrogens with zero attached hydrogens (tertiary/aromatic N) is 4. The molecule has 0 radical (unpaired) electrons. The number of nitro benzene ring substituents is 1. The maximum atomic E-state index is 12.5. The summed E-state index contributed by atoms with van der Waals surface area (Å²) in [5, 5.41) is 18.0. The molecule has 0 unspecified atom stereocenters. The number of halogens is 1. The topological polar surface area (TPSA) is 112 Å². The van der Waals surface area contributed by atoms with E-state index in [0.717, 1.165) is 11.6 Å². The molecular weight excluding hydrogens is 410 g/mol. The lowest BCUT2D eigenvalue weighted by Gasteiger charge is -2.08. The molecule has 0 saturated heterocycles. The number of anilines is 1. The van der Waals surface area contributed by atoms with Gasteiger partial charge in [-0.2, -0.15) is 0 Å². The fourth-order valence-electron chi connectivity index (χ4n) is 2.99. The molecule has 0 aliphatic rings. The van der Waals surface area contributed by atoms with Crippen LogP contribution in [0.5, 0.6) is 0 Å². The third kappa shape index (κ3) is 3.78. The van der Waals surface area contributed by atoms with E-state index in [1.54, 1.807) is 48.7 Å². The minimum Gasteiger partial charge on any atom is -0.322 e. The molecule has 2 aromatic carbocycles.